The van der Waals surface area contributed by atoms with Crippen LogP contribution >= 0.6 is 0 Å². The van der Waals surface area contributed by atoms with Gasteiger partial charge in [0.05, 0.1) is 5.60 Å². The van der Waals surface area contributed by atoms with E-state index >= 15 is 0 Å². The summed E-state index contributed by atoms with van der Waals surface area (Å²) in [7, 11) is 4.08. The molecular formula is C20H29NO6. The summed E-state index contributed by atoms with van der Waals surface area (Å²) >= 11 is 0. The molecule has 0 spiro atoms. The molecule has 4 N–H and O–H groups in total. The molecule has 0 bridgehead atoms. The van der Waals surface area contributed by atoms with Crippen molar-refractivity contribution in [2.24, 2.45) is 5.92 Å². The van der Waals surface area contributed by atoms with Crippen LogP contribution < -0.4 is 0 Å². The first-order valence-electron chi connectivity index (χ1n) is 8.86. The third-order valence-corrected chi connectivity index (χ3v) is 4.76. The van der Waals surface area contributed by atoms with Crippen molar-refractivity contribution in [2.75, 3.05) is 14.1 Å². The number of aromatic hydroxyl groups is 1. The minimum Gasteiger partial charge on any atom is -0.508 e. The maximum absolute atomic E-state index is 10.7. The number of aliphatic carboxylic acids is 2. The Hall–Kier alpha value is -2.38. The molecule has 150 valence electrons. The lowest BCUT2D eigenvalue weighted by Gasteiger charge is -2.44. The van der Waals surface area contributed by atoms with E-state index in [1.807, 2.05) is 39.2 Å². The van der Waals surface area contributed by atoms with Crippen LogP contribution in [0.2, 0.25) is 0 Å². The van der Waals surface area contributed by atoms with Crippen LogP contribution in [0.1, 0.15) is 44.2 Å². The number of aliphatic hydroxyl groups is 1. The Morgan fingerprint density at radius 2 is 1.78 bits per heavy atom. The standard InChI is InChI=1S/C16H25NO2.C4H4O4/c1-16(19)10-5-4-9-14(16)15(17(2)3)12-7-6-8-13(18)11-12;5-3(6)1-2-4(7)8/h6-8,11,14-15,18-19H,4-5,9-10H2,1-3H3;1-2H,(H,5,6)(H,7,8). The molecule has 2 rings (SSSR count). The van der Waals surface area contributed by atoms with Gasteiger partial charge in [0.1, 0.15) is 5.75 Å². The molecule has 0 radical (unpaired) electrons. The summed E-state index contributed by atoms with van der Waals surface area (Å²) in [5.41, 5.74) is 0.454. The van der Waals surface area contributed by atoms with Crippen LogP contribution in [0.15, 0.2) is 36.4 Å². The summed E-state index contributed by atoms with van der Waals surface area (Å²) in [6, 6.07) is 7.56. The fourth-order valence-corrected chi connectivity index (χ4v) is 3.58. The molecule has 1 fully saturated rings. The lowest BCUT2D eigenvalue weighted by atomic mass is 9.71. The molecule has 0 amide bonds. The number of nitrogens with zero attached hydrogens (tertiary/aromatic N) is 1. The van der Waals surface area contributed by atoms with Gasteiger partial charge in [0, 0.05) is 24.1 Å². The Bertz CT molecular complexity index is 652. The largest absolute Gasteiger partial charge is 0.508 e. The summed E-state index contributed by atoms with van der Waals surface area (Å²) < 4.78 is 0. The number of hydrogen-bond acceptors (Lipinski definition) is 5. The van der Waals surface area contributed by atoms with Gasteiger partial charge in [-0.15, -0.1) is 0 Å². The highest BCUT2D eigenvalue weighted by molar-refractivity contribution is 5.89. The summed E-state index contributed by atoms with van der Waals surface area (Å²) in [5.74, 6) is -2.02. The molecular weight excluding hydrogens is 350 g/mol. The fourth-order valence-electron chi connectivity index (χ4n) is 3.58. The van der Waals surface area contributed by atoms with E-state index in [0.29, 0.717) is 17.9 Å². The van der Waals surface area contributed by atoms with E-state index in [1.54, 1.807) is 6.07 Å². The Balaban J connectivity index is 0.000000387. The maximum atomic E-state index is 10.7. The monoisotopic (exact) mass is 379 g/mol. The second-order valence-electron chi connectivity index (χ2n) is 7.22. The molecule has 1 aromatic rings. The number of phenolic OH excluding ortho intramolecular Hbond substituents is 1. The zero-order chi connectivity index (χ0) is 20.6. The second kappa shape index (κ2) is 10.1. The van der Waals surface area contributed by atoms with Gasteiger partial charge in [0.15, 0.2) is 0 Å². The molecule has 0 aliphatic heterocycles. The van der Waals surface area contributed by atoms with Crippen LogP contribution in [0.25, 0.3) is 0 Å². The number of phenols is 1. The topological polar surface area (TPSA) is 118 Å². The number of rotatable bonds is 5. The minimum atomic E-state index is -1.26. The van der Waals surface area contributed by atoms with Gasteiger partial charge in [-0.2, -0.15) is 0 Å². The Labute approximate surface area is 159 Å². The number of carboxylic acid groups (broad SMARTS) is 2. The van der Waals surface area contributed by atoms with Crippen molar-refractivity contribution >= 4 is 11.9 Å². The van der Waals surface area contributed by atoms with Crippen molar-refractivity contribution in [2.45, 2.75) is 44.2 Å². The Morgan fingerprint density at radius 3 is 2.22 bits per heavy atom. The molecule has 3 unspecified atom stereocenters. The molecule has 3 atom stereocenters. The van der Waals surface area contributed by atoms with E-state index in [4.69, 9.17) is 10.2 Å². The number of benzene rings is 1. The van der Waals surface area contributed by atoms with E-state index in [1.165, 1.54) is 6.42 Å². The molecule has 0 aromatic heterocycles. The third kappa shape index (κ3) is 7.40. The van der Waals surface area contributed by atoms with Crippen molar-refractivity contribution in [1.82, 2.24) is 4.90 Å². The molecule has 1 aliphatic carbocycles. The van der Waals surface area contributed by atoms with Gasteiger partial charge in [-0.05, 0) is 51.6 Å². The first kappa shape index (κ1) is 22.7. The van der Waals surface area contributed by atoms with E-state index in [2.05, 4.69) is 4.90 Å². The van der Waals surface area contributed by atoms with Crippen LogP contribution in [0.4, 0.5) is 0 Å². The van der Waals surface area contributed by atoms with E-state index < -0.39 is 17.5 Å². The van der Waals surface area contributed by atoms with Gasteiger partial charge in [0.25, 0.3) is 0 Å². The van der Waals surface area contributed by atoms with Crippen molar-refractivity contribution < 1.29 is 30.0 Å². The quantitative estimate of drug-likeness (QED) is 0.581. The maximum Gasteiger partial charge on any atom is 0.328 e. The van der Waals surface area contributed by atoms with Gasteiger partial charge in [-0.3, -0.25) is 0 Å². The number of carboxylic acids is 2. The van der Waals surface area contributed by atoms with Gasteiger partial charge in [-0.1, -0.05) is 25.0 Å². The smallest absolute Gasteiger partial charge is 0.328 e. The van der Waals surface area contributed by atoms with Crippen molar-refractivity contribution in [3.05, 3.63) is 42.0 Å². The van der Waals surface area contributed by atoms with Crippen LogP contribution in [-0.2, 0) is 9.59 Å². The third-order valence-electron chi connectivity index (χ3n) is 4.76. The normalized spacial score (nSPS) is 23.5. The van der Waals surface area contributed by atoms with E-state index in [0.717, 1.165) is 24.8 Å². The summed E-state index contributed by atoms with van der Waals surface area (Å²) in [6.45, 7) is 1.95. The van der Waals surface area contributed by atoms with Crippen LogP contribution in [0, 0.1) is 5.92 Å². The number of carbonyl (C=O) groups is 2. The predicted molar refractivity (Wildman–Crippen MR) is 102 cm³/mol. The van der Waals surface area contributed by atoms with Crippen molar-refractivity contribution in [3.63, 3.8) is 0 Å². The molecule has 0 saturated heterocycles. The average molecular weight is 379 g/mol. The Morgan fingerprint density at radius 1 is 1.19 bits per heavy atom. The SMILES string of the molecule is CN(C)C(c1cccc(O)c1)C1CCCCC1(C)O.O=C(O)C=CC(=O)O. The van der Waals surface area contributed by atoms with Crippen molar-refractivity contribution in [1.29, 1.82) is 0 Å². The Kier molecular flexibility index (Phi) is 8.46. The van der Waals surface area contributed by atoms with Crippen molar-refractivity contribution in [3.8, 4) is 5.75 Å². The average Bonchev–Trinajstić information content (AvgIpc) is 2.55. The lowest BCUT2D eigenvalue weighted by Crippen LogP contribution is -2.44. The van der Waals surface area contributed by atoms with E-state index in [9.17, 15) is 19.8 Å². The fraction of sp³-hybridized carbons (Fsp3) is 0.500. The first-order valence-corrected chi connectivity index (χ1v) is 8.86. The molecule has 0 heterocycles. The summed E-state index contributed by atoms with van der Waals surface area (Å²) in [4.78, 5) is 21.3. The predicted octanol–water partition coefficient (Wildman–Crippen LogP) is 2.65. The molecule has 7 nitrogen and oxygen atoms in total. The highest BCUT2D eigenvalue weighted by atomic mass is 16.4. The van der Waals surface area contributed by atoms with Gasteiger partial charge < -0.3 is 25.3 Å². The summed E-state index contributed by atoms with van der Waals surface area (Å²) in [5, 5.41) is 36.0. The molecule has 1 saturated carbocycles. The molecule has 1 aliphatic rings. The number of hydrogen-bond donors (Lipinski definition) is 4. The lowest BCUT2D eigenvalue weighted by molar-refractivity contribution is -0.134. The van der Waals surface area contributed by atoms with Crippen LogP contribution in [-0.4, -0.2) is 57.0 Å². The van der Waals surface area contributed by atoms with Crippen LogP contribution in [0.5, 0.6) is 5.75 Å². The molecule has 1 aromatic carbocycles. The van der Waals surface area contributed by atoms with Gasteiger partial charge >= 0.3 is 11.9 Å². The zero-order valence-electron chi connectivity index (χ0n) is 16.0. The van der Waals surface area contributed by atoms with Crippen LogP contribution in [0.3, 0.4) is 0 Å². The van der Waals surface area contributed by atoms with Gasteiger partial charge in [-0.25, -0.2) is 9.59 Å². The summed E-state index contributed by atoms with van der Waals surface area (Å²) in [6.07, 6.45) is 5.28. The molecule has 27 heavy (non-hydrogen) atoms. The molecule has 7 heteroatoms. The highest BCUT2D eigenvalue weighted by Crippen LogP contribution is 2.43. The first-order chi connectivity index (χ1) is 12.5. The highest BCUT2D eigenvalue weighted by Gasteiger charge is 2.41. The zero-order valence-corrected chi connectivity index (χ0v) is 16.0. The second-order valence-corrected chi connectivity index (χ2v) is 7.22. The van der Waals surface area contributed by atoms with Gasteiger partial charge in [0.2, 0.25) is 0 Å². The van der Waals surface area contributed by atoms with E-state index in [-0.39, 0.29) is 12.0 Å². The minimum absolute atomic E-state index is 0.141.